The van der Waals surface area contributed by atoms with Crippen LogP contribution in [0, 0.1) is 0 Å². The zero-order chi connectivity index (χ0) is 9.90. The number of hydrogen-bond acceptors (Lipinski definition) is 2. The van der Waals surface area contributed by atoms with Crippen LogP contribution in [0.1, 0.15) is 20.3 Å². The molecule has 3 nitrogen and oxygen atoms in total. The zero-order valence-corrected chi connectivity index (χ0v) is 8.93. The zero-order valence-electron chi connectivity index (χ0n) is 8.18. The lowest BCUT2D eigenvalue weighted by molar-refractivity contribution is -0.145. The van der Waals surface area contributed by atoms with Crippen LogP contribution < -0.4 is 0 Å². The van der Waals surface area contributed by atoms with Crippen LogP contribution in [0.25, 0.3) is 0 Å². The van der Waals surface area contributed by atoms with Crippen molar-refractivity contribution in [3.05, 3.63) is 0 Å². The SMILES string of the molecule is CC1(C)CN(C(=O)CCCl)CCO1. The summed E-state index contributed by atoms with van der Waals surface area (Å²) < 4.78 is 5.50. The average molecular weight is 206 g/mol. The van der Waals surface area contributed by atoms with Gasteiger partial charge in [0, 0.05) is 25.4 Å². The van der Waals surface area contributed by atoms with Crippen molar-refractivity contribution in [1.82, 2.24) is 4.90 Å². The van der Waals surface area contributed by atoms with Gasteiger partial charge in [0.05, 0.1) is 12.2 Å². The van der Waals surface area contributed by atoms with Gasteiger partial charge in [0.25, 0.3) is 0 Å². The van der Waals surface area contributed by atoms with Crippen molar-refractivity contribution in [3.63, 3.8) is 0 Å². The summed E-state index contributed by atoms with van der Waals surface area (Å²) in [5.74, 6) is 0.530. The van der Waals surface area contributed by atoms with Crippen molar-refractivity contribution in [2.24, 2.45) is 0 Å². The second-order valence-electron chi connectivity index (χ2n) is 3.86. The van der Waals surface area contributed by atoms with E-state index in [1.807, 2.05) is 18.7 Å². The fourth-order valence-electron chi connectivity index (χ4n) is 1.47. The third kappa shape index (κ3) is 3.16. The van der Waals surface area contributed by atoms with Crippen LogP contribution in [0.3, 0.4) is 0 Å². The number of alkyl halides is 1. The molecule has 76 valence electrons. The molecule has 1 aliphatic heterocycles. The van der Waals surface area contributed by atoms with Crippen molar-refractivity contribution >= 4 is 17.5 Å². The van der Waals surface area contributed by atoms with E-state index in [4.69, 9.17) is 16.3 Å². The summed E-state index contributed by atoms with van der Waals surface area (Å²) in [6, 6.07) is 0. The first-order valence-electron chi connectivity index (χ1n) is 4.53. The molecule has 0 aromatic carbocycles. The number of carbonyl (C=O) groups is 1. The molecule has 1 amide bonds. The lowest BCUT2D eigenvalue weighted by Gasteiger charge is -2.38. The average Bonchev–Trinajstić information content (AvgIpc) is 2.03. The molecule has 0 saturated carbocycles. The molecule has 1 aliphatic rings. The minimum atomic E-state index is -0.208. The summed E-state index contributed by atoms with van der Waals surface area (Å²) in [6.07, 6.45) is 0.428. The van der Waals surface area contributed by atoms with Gasteiger partial charge in [0.1, 0.15) is 0 Å². The second kappa shape index (κ2) is 4.29. The molecule has 0 radical (unpaired) electrons. The molecule has 1 saturated heterocycles. The van der Waals surface area contributed by atoms with E-state index >= 15 is 0 Å². The molecule has 0 atom stereocenters. The first-order chi connectivity index (χ1) is 6.05. The minimum Gasteiger partial charge on any atom is -0.372 e. The van der Waals surface area contributed by atoms with Gasteiger partial charge in [0.15, 0.2) is 0 Å². The van der Waals surface area contributed by atoms with Gasteiger partial charge in [-0.05, 0) is 13.8 Å². The molecule has 0 N–H and O–H groups in total. The van der Waals surface area contributed by atoms with Gasteiger partial charge in [-0.25, -0.2) is 0 Å². The maximum absolute atomic E-state index is 11.5. The third-order valence-corrected chi connectivity index (χ3v) is 2.28. The van der Waals surface area contributed by atoms with E-state index in [9.17, 15) is 4.79 Å². The van der Waals surface area contributed by atoms with Gasteiger partial charge >= 0.3 is 0 Å². The Hall–Kier alpha value is -0.280. The van der Waals surface area contributed by atoms with Crippen LogP contribution in [0.5, 0.6) is 0 Å². The standard InChI is InChI=1S/C9H16ClNO2/c1-9(2)7-11(5-6-13-9)8(12)3-4-10/h3-7H2,1-2H3. The van der Waals surface area contributed by atoms with Crippen LogP contribution >= 0.6 is 11.6 Å². The Morgan fingerprint density at radius 3 is 2.85 bits per heavy atom. The molecule has 1 heterocycles. The third-order valence-electron chi connectivity index (χ3n) is 2.09. The number of rotatable bonds is 2. The first-order valence-corrected chi connectivity index (χ1v) is 5.06. The highest BCUT2D eigenvalue weighted by Crippen LogP contribution is 2.16. The number of halogens is 1. The van der Waals surface area contributed by atoms with Gasteiger partial charge in [-0.1, -0.05) is 0 Å². The van der Waals surface area contributed by atoms with E-state index in [2.05, 4.69) is 0 Å². The molecule has 0 aromatic heterocycles. The summed E-state index contributed by atoms with van der Waals surface area (Å²) in [7, 11) is 0. The number of carbonyl (C=O) groups excluding carboxylic acids is 1. The first kappa shape index (κ1) is 10.8. The monoisotopic (exact) mass is 205 g/mol. The van der Waals surface area contributed by atoms with E-state index in [1.54, 1.807) is 0 Å². The summed E-state index contributed by atoms with van der Waals surface area (Å²) in [5, 5.41) is 0. The highest BCUT2D eigenvalue weighted by molar-refractivity contribution is 6.18. The summed E-state index contributed by atoms with van der Waals surface area (Å²) in [6.45, 7) is 5.98. The van der Waals surface area contributed by atoms with Crippen LogP contribution in [0.15, 0.2) is 0 Å². The highest BCUT2D eigenvalue weighted by Gasteiger charge is 2.29. The second-order valence-corrected chi connectivity index (χ2v) is 4.24. The minimum absolute atomic E-state index is 0.131. The molecule has 1 rings (SSSR count). The summed E-state index contributed by atoms with van der Waals surface area (Å²) in [4.78, 5) is 13.3. The van der Waals surface area contributed by atoms with E-state index < -0.39 is 0 Å². The number of nitrogens with zero attached hydrogens (tertiary/aromatic N) is 1. The normalized spacial score (nSPS) is 21.6. The lowest BCUT2D eigenvalue weighted by atomic mass is 10.1. The van der Waals surface area contributed by atoms with Gasteiger partial charge in [-0.2, -0.15) is 0 Å². The Morgan fingerprint density at radius 1 is 1.62 bits per heavy atom. The van der Waals surface area contributed by atoms with Crippen molar-refractivity contribution in [2.45, 2.75) is 25.9 Å². The van der Waals surface area contributed by atoms with Gasteiger partial charge in [0.2, 0.25) is 5.91 Å². The Kier molecular flexibility index (Phi) is 3.56. The van der Waals surface area contributed by atoms with Crippen molar-refractivity contribution in [3.8, 4) is 0 Å². The lowest BCUT2D eigenvalue weighted by Crippen LogP contribution is -2.50. The van der Waals surface area contributed by atoms with Crippen LogP contribution in [-0.4, -0.2) is 42.0 Å². The van der Waals surface area contributed by atoms with Gasteiger partial charge in [-0.15, -0.1) is 11.6 Å². The fraction of sp³-hybridized carbons (Fsp3) is 0.889. The number of amides is 1. The molecule has 0 unspecified atom stereocenters. The van der Waals surface area contributed by atoms with E-state index in [-0.39, 0.29) is 11.5 Å². The van der Waals surface area contributed by atoms with E-state index in [0.717, 1.165) is 0 Å². The molecular formula is C9H16ClNO2. The quantitative estimate of drug-likeness (QED) is 0.636. The van der Waals surface area contributed by atoms with Crippen molar-refractivity contribution < 1.29 is 9.53 Å². The van der Waals surface area contributed by atoms with E-state index in [1.165, 1.54) is 0 Å². The largest absolute Gasteiger partial charge is 0.372 e. The Balaban J connectivity index is 2.47. The van der Waals surface area contributed by atoms with Crippen molar-refractivity contribution in [2.75, 3.05) is 25.6 Å². The maximum atomic E-state index is 11.5. The molecule has 0 aromatic rings. The Bertz CT molecular complexity index is 194. The van der Waals surface area contributed by atoms with E-state index in [0.29, 0.717) is 32.0 Å². The fourth-order valence-corrected chi connectivity index (χ4v) is 1.63. The van der Waals surface area contributed by atoms with Crippen LogP contribution in [0.2, 0.25) is 0 Å². The van der Waals surface area contributed by atoms with Crippen LogP contribution in [0.4, 0.5) is 0 Å². The number of morpholine rings is 1. The molecule has 4 heteroatoms. The summed E-state index contributed by atoms with van der Waals surface area (Å²) in [5.41, 5.74) is -0.208. The Labute approximate surface area is 84.0 Å². The number of ether oxygens (including phenoxy) is 1. The predicted molar refractivity (Wildman–Crippen MR) is 51.9 cm³/mol. The molecule has 0 spiro atoms. The smallest absolute Gasteiger partial charge is 0.223 e. The molecular weight excluding hydrogens is 190 g/mol. The number of hydrogen-bond donors (Lipinski definition) is 0. The Morgan fingerprint density at radius 2 is 2.31 bits per heavy atom. The topological polar surface area (TPSA) is 29.5 Å². The van der Waals surface area contributed by atoms with Gasteiger partial charge < -0.3 is 9.64 Å². The highest BCUT2D eigenvalue weighted by atomic mass is 35.5. The van der Waals surface area contributed by atoms with Gasteiger partial charge in [-0.3, -0.25) is 4.79 Å². The maximum Gasteiger partial charge on any atom is 0.223 e. The van der Waals surface area contributed by atoms with Crippen molar-refractivity contribution in [1.29, 1.82) is 0 Å². The molecule has 0 bridgehead atoms. The summed E-state index contributed by atoms with van der Waals surface area (Å²) >= 11 is 5.51. The molecule has 13 heavy (non-hydrogen) atoms. The molecule has 0 aliphatic carbocycles. The van der Waals surface area contributed by atoms with Crippen LogP contribution in [-0.2, 0) is 9.53 Å². The predicted octanol–water partition coefficient (Wildman–Crippen LogP) is 1.25. The molecule has 1 fully saturated rings.